The van der Waals surface area contributed by atoms with Crippen molar-refractivity contribution in [2.45, 2.75) is 23.8 Å². The zero-order valence-corrected chi connectivity index (χ0v) is 14.2. The van der Waals surface area contributed by atoms with Gasteiger partial charge in [0.25, 0.3) is 0 Å². The van der Waals surface area contributed by atoms with E-state index in [1.807, 2.05) is 0 Å². The maximum Gasteiger partial charge on any atom is 0.244 e. The van der Waals surface area contributed by atoms with E-state index in [1.54, 1.807) is 7.05 Å². The van der Waals surface area contributed by atoms with Crippen LogP contribution in [0.3, 0.4) is 0 Å². The molecule has 1 N–H and O–H groups in total. The Morgan fingerprint density at radius 3 is 2.43 bits per heavy atom. The number of nitrogens with one attached hydrogen (secondary N) is 1. The van der Waals surface area contributed by atoms with Crippen LogP contribution in [0.2, 0.25) is 10.0 Å². The molecule has 1 aromatic rings. The Bertz CT molecular complexity index is 616. The monoisotopic (exact) mass is 352 g/mol. The highest BCUT2D eigenvalue weighted by Gasteiger charge is 2.31. The summed E-state index contributed by atoms with van der Waals surface area (Å²) < 4.78 is 31.9. The van der Waals surface area contributed by atoms with E-state index in [4.69, 9.17) is 27.9 Å². The fourth-order valence-electron chi connectivity index (χ4n) is 2.39. The molecule has 1 heterocycles. The molecule has 0 spiro atoms. The minimum atomic E-state index is -3.68. The van der Waals surface area contributed by atoms with E-state index in [0.717, 1.165) is 25.9 Å². The van der Waals surface area contributed by atoms with Gasteiger partial charge in [0.1, 0.15) is 10.6 Å². The molecule has 0 unspecified atom stereocenters. The second-order valence-electron chi connectivity index (χ2n) is 4.92. The number of methoxy groups -OCH3 is 1. The van der Waals surface area contributed by atoms with Gasteiger partial charge in [-0.2, -0.15) is 4.31 Å². The Hall–Kier alpha value is -0.530. The molecule has 2 rings (SSSR count). The number of hydrogen-bond acceptors (Lipinski definition) is 4. The van der Waals surface area contributed by atoms with Crippen molar-refractivity contribution < 1.29 is 13.2 Å². The van der Waals surface area contributed by atoms with Gasteiger partial charge in [-0.05, 0) is 32.0 Å². The third-order valence-electron chi connectivity index (χ3n) is 3.69. The van der Waals surface area contributed by atoms with E-state index in [0.29, 0.717) is 5.75 Å². The molecular weight excluding hydrogens is 335 g/mol. The van der Waals surface area contributed by atoms with Crippen LogP contribution in [-0.2, 0) is 10.0 Å². The average molecular weight is 353 g/mol. The van der Waals surface area contributed by atoms with Crippen LogP contribution in [0.15, 0.2) is 17.0 Å². The predicted molar refractivity (Wildman–Crippen MR) is 83.9 cm³/mol. The van der Waals surface area contributed by atoms with Crippen LogP contribution in [0, 0.1) is 0 Å². The van der Waals surface area contributed by atoms with Crippen molar-refractivity contribution in [2.75, 3.05) is 27.2 Å². The van der Waals surface area contributed by atoms with Gasteiger partial charge in [0.2, 0.25) is 10.0 Å². The van der Waals surface area contributed by atoms with Crippen LogP contribution in [0.25, 0.3) is 0 Å². The first-order chi connectivity index (χ1) is 9.87. The number of ether oxygens (including phenoxy) is 1. The van der Waals surface area contributed by atoms with Crippen LogP contribution < -0.4 is 10.1 Å². The van der Waals surface area contributed by atoms with Crippen LogP contribution in [-0.4, -0.2) is 46.0 Å². The maximum absolute atomic E-state index is 12.7. The minimum absolute atomic E-state index is 0.0102. The van der Waals surface area contributed by atoms with Gasteiger partial charge in [-0.25, -0.2) is 8.42 Å². The molecule has 8 heteroatoms. The lowest BCUT2D eigenvalue weighted by molar-refractivity contribution is 0.296. The van der Waals surface area contributed by atoms with Crippen LogP contribution in [0.4, 0.5) is 0 Å². The summed E-state index contributed by atoms with van der Waals surface area (Å²) in [5, 5.41) is 3.54. The van der Waals surface area contributed by atoms with Gasteiger partial charge in [-0.1, -0.05) is 23.2 Å². The zero-order valence-electron chi connectivity index (χ0n) is 11.9. The average Bonchev–Trinajstić information content (AvgIpc) is 2.49. The Kier molecular flexibility index (Phi) is 5.38. The molecule has 1 fully saturated rings. The highest BCUT2D eigenvalue weighted by atomic mass is 35.5. The van der Waals surface area contributed by atoms with Crippen LogP contribution in [0.1, 0.15) is 12.8 Å². The fourth-order valence-corrected chi connectivity index (χ4v) is 4.62. The first kappa shape index (κ1) is 16.8. The third kappa shape index (κ3) is 3.46. The maximum atomic E-state index is 12.7. The van der Waals surface area contributed by atoms with Gasteiger partial charge in [0.15, 0.2) is 0 Å². The quantitative estimate of drug-likeness (QED) is 0.903. The van der Waals surface area contributed by atoms with E-state index in [-0.39, 0.29) is 21.0 Å². The summed E-state index contributed by atoms with van der Waals surface area (Å²) in [7, 11) is -0.649. The summed E-state index contributed by atoms with van der Waals surface area (Å²) in [5.74, 6) is 0.352. The molecule has 0 bridgehead atoms. The molecule has 0 saturated carbocycles. The predicted octanol–water partition coefficient (Wildman–Crippen LogP) is 2.37. The number of piperidine rings is 1. The van der Waals surface area contributed by atoms with E-state index in [1.165, 1.54) is 23.5 Å². The molecule has 1 aliphatic heterocycles. The van der Waals surface area contributed by atoms with Crippen LogP contribution >= 0.6 is 23.2 Å². The van der Waals surface area contributed by atoms with E-state index < -0.39 is 10.0 Å². The number of rotatable bonds is 4. The van der Waals surface area contributed by atoms with E-state index >= 15 is 0 Å². The molecule has 0 radical (unpaired) electrons. The number of sulfonamides is 1. The molecule has 0 aromatic heterocycles. The number of halogens is 2. The van der Waals surface area contributed by atoms with E-state index in [2.05, 4.69) is 5.32 Å². The molecule has 118 valence electrons. The number of hydrogen-bond donors (Lipinski definition) is 1. The lowest BCUT2D eigenvalue weighted by Gasteiger charge is -2.31. The highest BCUT2D eigenvalue weighted by Crippen LogP contribution is 2.35. The molecule has 0 amide bonds. The summed E-state index contributed by atoms with van der Waals surface area (Å²) in [6.07, 6.45) is 1.55. The van der Waals surface area contributed by atoms with Gasteiger partial charge in [-0.15, -0.1) is 0 Å². The van der Waals surface area contributed by atoms with Crippen molar-refractivity contribution in [3.05, 3.63) is 22.2 Å². The summed E-state index contributed by atoms with van der Waals surface area (Å²) in [6, 6.07) is 2.73. The van der Waals surface area contributed by atoms with Gasteiger partial charge in [-0.3, -0.25) is 0 Å². The first-order valence-corrected chi connectivity index (χ1v) is 8.79. The molecule has 21 heavy (non-hydrogen) atoms. The summed E-state index contributed by atoms with van der Waals surface area (Å²) >= 11 is 12.1. The Morgan fingerprint density at radius 1 is 1.24 bits per heavy atom. The SMILES string of the molecule is COc1cc(Cl)c(S(=O)(=O)N(C)C2CCNCC2)cc1Cl. The van der Waals surface area contributed by atoms with Crippen molar-refractivity contribution in [3.63, 3.8) is 0 Å². The molecule has 1 aliphatic rings. The van der Waals surface area contributed by atoms with Crippen molar-refractivity contribution in [3.8, 4) is 5.75 Å². The Balaban J connectivity index is 2.36. The highest BCUT2D eigenvalue weighted by molar-refractivity contribution is 7.89. The normalized spacial score (nSPS) is 17.2. The molecule has 1 saturated heterocycles. The first-order valence-electron chi connectivity index (χ1n) is 6.59. The van der Waals surface area contributed by atoms with Gasteiger partial charge < -0.3 is 10.1 Å². The van der Waals surface area contributed by atoms with Gasteiger partial charge >= 0.3 is 0 Å². The number of nitrogens with zero attached hydrogens (tertiary/aromatic N) is 1. The third-order valence-corrected chi connectivity index (χ3v) is 6.36. The summed E-state index contributed by atoms with van der Waals surface area (Å²) in [6.45, 7) is 1.61. The Labute approximate surface area is 135 Å². The fraction of sp³-hybridized carbons (Fsp3) is 0.538. The standard InChI is InChI=1S/C13H18Cl2N2O3S/c1-17(9-3-5-16-6-4-9)21(18,19)13-8-10(14)12(20-2)7-11(13)15/h7-9,16H,3-6H2,1-2H3. The summed E-state index contributed by atoms with van der Waals surface area (Å²) in [5.41, 5.74) is 0. The zero-order chi connectivity index (χ0) is 15.6. The molecule has 5 nitrogen and oxygen atoms in total. The van der Waals surface area contributed by atoms with Crippen molar-refractivity contribution in [2.24, 2.45) is 0 Å². The molecule has 1 aromatic carbocycles. The largest absolute Gasteiger partial charge is 0.495 e. The molecular formula is C13H18Cl2N2O3S. The van der Waals surface area contributed by atoms with E-state index in [9.17, 15) is 8.42 Å². The number of benzene rings is 1. The van der Waals surface area contributed by atoms with Crippen LogP contribution in [0.5, 0.6) is 5.75 Å². The molecule has 0 aliphatic carbocycles. The van der Waals surface area contributed by atoms with Crippen molar-refractivity contribution in [1.82, 2.24) is 9.62 Å². The lowest BCUT2D eigenvalue weighted by atomic mass is 10.1. The van der Waals surface area contributed by atoms with Crippen molar-refractivity contribution >= 4 is 33.2 Å². The van der Waals surface area contributed by atoms with Gasteiger partial charge in [0, 0.05) is 19.2 Å². The molecule has 0 atom stereocenters. The van der Waals surface area contributed by atoms with Crippen molar-refractivity contribution in [1.29, 1.82) is 0 Å². The second-order valence-corrected chi connectivity index (χ2v) is 7.70. The smallest absolute Gasteiger partial charge is 0.244 e. The second kappa shape index (κ2) is 6.71. The Morgan fingerprint density at radius 2 is 1.86 bits per heavy atom. The lowest BCUT2D eigenvalue weighted by Crippen LogP contribution is -2.43. The topological polar surface area (TPSA) is 58.6 Å². The minimum Gasteiger partial charge on any atom is -0.495 e. The summed E-state index contributed by atoms with van der Waals surface area (Å²) in [4.78, 5) is 0.0102. The van der Waals surface area contributed by atoms with Gasteiger partial charge in [0.05, 0.1) is 17.2 Å².